The Labute approximate surface area is 107 Å². The number of hydrogen-bond donors (Lipinski definition) is 1. The number of rotatable bonds is 11. The lowest BCUT2D eigenvalue weighted by molar-refractivity contribution is -0.129. The Bertz CT molecular complexity index is 193. The van der Waals surface area contributed by atoms with Gasteiger partial charge in [0.1, 0.15) is 5.78 Å². The first-order valence-electron chi connectivity index (χ1n) is 7.34. The molecule has 0 spiro atoms. The van der Waals surface area contributed by atoms with Crippen molar-refractivity contribution in [3.05, 3.63) is 0 Å². The minimum absolute atomic E-state index is 0.0688. The Morgan fingerprint density at radius 3 is 1.94 bits per heavy atom. The average Bonchev–Trinajstić information content (AvgIpc) is 2.34. The second-order valence-electron chi connectivity index (χ2n) is 5.44. The Hall–Kier alpha value is -0.370. The van der Waals surface area contributed by atoms with E-state index in [-0.39, 0.29) is 5.41 Å². The van der Waals surface area contributed by atoms with Gasteiger partial charge in [0.15, 0.2) is 0 Å². The summed E-state index contributed by atoms with van der Waals surface area (Å²) in [5.74, 6) is 0.466. The van der Waals surface area contributed by atoms with Crippen LogP contribution >= 0.6 is 0 Å². The molecule has 0 aliphatic carbocycles. The van der Waals surface area contributed by atoms with Gasteiger partial charge in [-0.25, -0.2) is 0 Å². The van der Waals surface area contributed by atoms with E-state index in [1.807, 2.05) is 0 Å². The molecule has 0 saturated carbocycles. The summed E-state index contributed by atoms with van der Waals surface area (Å²) in [5, 5.41) is 0. The summed E-state index contributed by atoms with van der Waals surface area (Å²) in [6, 6.07) is 0. The molecule has 0 saturated heterocycles. The standard InChI is InChI=1S/C15H31NO/c1-4-6-11-15(3,12-7-5-2)14(17)10-8-9-13-16/h4-13,16H2,1-3H3. The molecular weight excluding hydrogens is 210 g/mol. The summed E-state index contributed by atoms with van der Waals surface area (Å²) in [4.78, 5) is 12.3. The zero-order chi connectivity index (χ0) is 13.1. The molecule has 0 heterocycles. The van der Waals surface area contributed by atoms with Crippen molar-refractivity contribution >= 4 is 5.78 Å². The third-order valence-electron chi connectivity index (χ3n) is 3.70. The first kappa shape index (κ1) is 16.6. The molecule has 0 aliphatic heterocycles. The van der Waals surface area contributed by atoms with Crippen molar-refractivity contribution in [1.82, 2.24) is 0 Å². The molecule has 2 nitrogen and oxygen atoms in total. The number of hydrogen-bond acceptors (Lipinski definition) is 2. The van der Waals surface area contributed by atoms with Crippen molar-refractivity contribution in [3.8, 4) is 0 Å². The summed E-state index contributed by atoms with van der Waals surface area (Å²) in [5.41, 5.74) is 5.40. The Balaban J connectivity index is 4.26. The van der Waals surface area contributed by atoms with Gasteiger partial charge in [-0.15, -0.1) is 0 Å². The molecule has 0 radical (unpaired) electrons. The van der Waals surface area contributed by atoms with E-state index < -0.39 is 0 Å². The predicted molar refractivity (Wildman–Crippen MR) is 75.1 cm³/mol. The van der Waals surface area contributed by atoms with Gasteiger partial charge >= 0.3 is 0 Å². The number of carbonyl (C=O) groups excluding carboxylic acids is 1. The maximum atomic E-state index is 12.3. The van der Waals surface area contributed by atoms with Crippen molar-refractivity contribution in [2.75, 3.05) is 6.54 Å². The van der Waals surface area contributed by atoms with Crippen molar-refractivity contribution in [2.24, 2.45) is 11.1 Å². The third kappa shape index (κ3) is 6.82. The van der Waals surface area contributed by atoms with Gasteiger partial charge in [0.25, 0.3) is 0 Å². The monoisotopic (exact) mass is 241 g/mol. The summed E-state index contributed by atoms with van der Waals surface area (Å²) < 4.78 is 0. The maximum absolute atomic E-state index is 12.3. The highest BCUT2D eigenvalue weighted by atomic mass is 16.1. The van der Waals surface area contributed by atoms with E-state index in [2.05, 4.69) is 20.8 Å². The van der Waals surface area contributed by atoms with Crippen LogP contribution in [0.3, 0.4) is 0 Å². The smallest absolute Gasteiger partial charge is 0.138 e. The van der Waals surface area contributed by atoms with E-state index in [1.54, 1.807) is 0 Å². The number of unbranched alkanes of at least 4 members (excludes halogenated alkanes) is 3. The predicted octanol–water partition coefficient (Wildman–Crippen LogP) is 4.07. The Morgan fingerprint density at radius 2 is 1.53 bits per heavy atom. The molecule has 0 rings (SSSR count). The van der Waals surface area contributed by atoms with E-state index in [4.69, 9.17) is 5.73 Å². The van der Waals surface area contributed by atoms with Gasteiger partial charge in [0.2, 0.25) is 0 Å². The van der Waals surface area contributed by atoms with E-state index in [9.17, 15) is 4.79 Å². The average molecular weight is 241 g/mol. The van der Waals surface area contributed by atoms with Crippen molar-refractivity contribution in [3.63, 3.8) is 0 Å². The molecule has 0 unspecified atom stereocenters. The highest BCUT2D eigenvalue weighted by molar-refractivity contribution is 5.84. The molecule has 0 atom stereocenters. The molecule has 0 fully saturated rings. The molecule has 0 aliphatic rings. The lowest BCUT2D eigenvalue weighted by atomic mass is 9.75. The Kier molecular flexibility index (Phi) is 9.43. The zero-order valence-electron chi connectivity index (χ0n) is 12.1. The molecule has 0 aromatic carbocycles. The summed E-state index contributed by atoms with van der Waals surface area (Å²) in [6.45, 7) is 7.26. The fraction of sp³-hybridized carbons (Fsp3) is 0.933. The molecule has 0 bridgehead atoms. The van der Waals surface area contributed by atoms with Crippen LogP contribution in [-0.2, 0) is 4.79 Å². The molecule has 2 N–H and O–H groups in total. The maximum Gasteiger partial charge on any atom is 0.138 e. The summed E-state index contributed by atoms with van der Waals surface area (Å²) in [6.07, 6.45) is 9.48. The normalized spacial score (nSPS) is 11.8. The van der Waals surface area contributed by atoms with Crippen LogP contribution in [0.15, 0.2) is 0 Å². The van der Waals surface area contributed by atoms with E-state index in [0.29, 0.717) is 12.3 Å². The first-order valence-corrected chi connectivity index (χ1v) is 7.34. The van der Waals surface area contributed by atoms with Crippen LogP contribution in [0, 0.1) is 5.41 Å². The minimum atomic E-state index is -0.0688. The number of nitrogens with two attached hydrogens (primary N) is 1. The van der Waals surface area contributed by atoms with Crippen LogP contribution in [-0.4, -0.2) is 12.3 Å². The van der Waals surface area contributed by atoms with Crippen LogP contribution in [0.25, 0.3) is 0 Å². The van der Waals surface area contributed by atoms with Crippen LogP contribution in [0.5, 0.6) is 0 Å². The SMILES string of the molecule is CCCCC(C)(CCCC)C(=O)CCCCN. The molecule has 0 aromatic rings. The second kappa shape index (κ2) is 9.64. The van der Waals surface area contributed by atoms with Gasteiger partial charge in [0, 0.05) is 11.8 Å². The fourth-order valence-electron chi connectivity index (χ4n) is 2.27. The number of ketones is 1. The van der Waals surface area contributed by atoms with E-state index in [0.717, 1.165) is 32.1 Å². The number of carbonyl (C=O) groups is 1. The first-order chi connectivity index (χ1) is 8.10. The molecule has 102 valence electrons. The van der Waals surface area contributed by atoms with Gasteiger partial charge < -0.3 is 5.73 Å². The molecular formula is C15H31NO. The molecule has 17 heavy (non-hydrogen) atoms. The lowest BCUT2D eigenvalue weighted by Crippen LogP contribution is -2.28. The van der Waals surface area contributed by atoms with E-state index >= 15 is 0 Å². The van der Waals surface area contributed by atoms with Gasteiger partial charge in [-0.05, 0) is 32.2 Å². The summed E-state index contributed by atoms with van der Waals surface area (Å²) >= 11 is 0. The third-order valence-corrected chi connectivity index (χ3v) is 3.70. The Morgan fingerprint density at radius 1 is 1.00 bits per heavy atom. The molecule has 2 heteroatoms. The molecule has 0 aromatic heterocycles. The lowest BCUT2D eigenvalue weighted by Gasteiger charge is -2.28. The topological polar surface area (TPSA) is 43.1 Å². The highest BCUT2D eigenvalue weighted by Gasteiger charge is 2.30. The van der Waals surface area contributed by atoms with E-state index in [1.165, 1.54) is 25.7 Å². The van der Waals surface area contributed by atoms with Crippen molar-refractivity contribution in [2.45, 2.75) is 78.6 Å². The van der Waals surface area contributed by atoms with Crippen LogP contribution < -0.4 is 5.73 Å². The minimum Gasteiger partial charge on any atom is -0.330 e. The van der Waals surface area contributed by atoms with Gasteiger partial charge in [-0.1, -0.05) is 46.5 Å². The molecule has 0 amide bonds. The summed E-state index contributed by atoms with van der Waals surface area (Å²) in [7, 11) is 0. The van der Waals surface area contributed by atoms with Crippen LogP contribution in [0.4, 0.5) is 0 Å². The van der Waals surface area contributed by atoms with Crippen LogP contribution in [0.2, 0.25) is 0 Å². The highest BCUT2D eigenvalue weighted by Crippen LogP contribution is 2.33. The largest absolute Gasteiger partial charge is 0.330 e. The van der Waals surface area contributed by atoms with Gasteiger partial charge in [-0.3, -0.25) is 4.79 Å². The van der Waals surface area contributed by atoms with Crippen molar-refractivity contribution in [1.29, 1.82) is 0 Å². The van der Waals surface area contributed by atoms with Gasteiger partial charge in [-0.2, -0.15) is 0 Å². The quantitative estimate of drug-likeness (QED) is 0.554. The van der Waals surface area contributed by atoms with Gasteiger partial charge in [0.05, 0.1) is 0 Å². The van der Waals surface area contributed by atoms with Crippen molar-refractivity contribution < 1.29 is 4.79 Å². The van der Waals surface area contributed by atoms with Crippen LogP contribution in [0.1, 0.15) is 78.6 Å². The second-order valence-corrected chi connectivity index (χ2v) is 5.44. The number of Topliss-reactive ketones (excluding diaryl/α,β-unsaturated/α-hetero) is 1. The zero-order valence-corrected chi connectivity index (χ0v) is 12.1. The fourth-order valence-corrected chi connectivity index (χ4v) is 2.27.